The SMILES string of the molecule is C=CC.c1ccc2c(c1)Cc1c-2cccc1N1CCOCC1. The lowest BCUT2D eigenvalue weighted by atomic mass is 10.0. The van der Waals surface area contributed by atoms with Crippen molar-refractivity contribution in [1.29, 1.82) is 0 Å². The molecule has 2 aromatic rings. The van der Waals surface area contributed by atoms with Gasteiger partial charge in [-0.25, -0.2) is 0 Å². The van der Waals surface area contributed by atoms with Gasteiger partial charge in [0.05, 0.1) is 13.2 Å². The van der Waals surface area contributed by atoms with Gasteiger partial charge in [-0.15, -0.1) is 6.58 Å². The van der Waals surface area contributed by atoms with Crippen LogP contribution in [-0.4, -0.2) is 26.3 Å². The van der Waals surface area contributed by atoms with Crippen molar-refractivity contribution in [3.8, 4) is 11.1 Å². The van der Waals surface area contributed by atoms with Crippen LogP contribution in [0.2, 0.25) is 0 Å². The van der Waals surface area contributed by atoms with E-state index in [2.05, 4.69) is 53.9 Å². The molecule has 0 aromatic heterocycles. The van der Waals surface area contributed by atoms with E-state index in [1.165, 1.54) is 27.9 Å². The Morgan fingerprint density at radius 3 is 2.45 bits per heavy atom. The van der Waals surface area contributed by atoms with E-state index in [0.29, 0.717) is 0 Å². The minimum Gasteiger partial charge on any atom is -0.378 e. The Morgan fingerprint density at radius 1 is 1.00 bits per heavy atom. The molecule has 2 aromatic carbocycles. The molecule has 0 radical (unpaired) electrons. The van der Waals surface area contributed by atoms with Gasteiger partial charge in [-0.1, -0.05) is 42.5 Å². The average Bonchev–Trinajstić information content (AvgIpc) is 2.95. The Hall–Kier alpha value is -2.06. The summed E-state index contributed by atoms with van der Waals surface area (Å²) < 4.78 is 5.46. The van der Waals surface area contributed by atoms with E-state index >= 15 is 0 Å². The lowest BCUT2D eigenvalue weighted by Gasteiger charge is -2.30. The second kappa shape index (κ2) is 6.80. The predicted molar refractivity (Wildman–Crippen MR) is 93.6 cm³/mol. The molecular weight excluding hydrogens is 270 g/mol. The van der Waals surface area contributed by atoms with Crippen LogP contribution in [0, 0.1) is 0 Å². The van der Waals surface area contributed by atoms with Crippen molar-refractivity contribution in [3.63, 3.8) is 0 Å². The standard InChI is InChI=1S/C17H17NO.C3H6/c1-2-5-14-13(4-1)12-16-15(14)6-3-7-17(16)18-8-10-19-11-9-18;1-3-2/h1-7H,8-12H2;3H,1H2,2H3. The molecule has 1 saturated heterocycles. The fraction of sp³-hybridized carbons (Fsp3) is 0.300. The zero-order valence-corrected chi connectivity index (χ0v) is 13.2. The van der Waals surface area contributed by atoms with E-state index in [9.17, 15) is 0 Å². The predicted octanol–water partition coefficient (Wildman–Crippen LogP) is 4.29. The Labute approximate surface area is 133 Å². The molecule has 1 aliphatic heterocycles. The number of nitrogens with zero attached hydrogens (tertiary/aromatic N) is 1. The number of allylic oxidation sites excluding steroid dienone is 1. The summed E-state index contributed by atoms with van der Waals surface area (Å²) in [5.74, 6) is 0. The number of fused-ring (bicyclic) bond motifs is 3. The third kappa shape index (κ3) is 2.79. The van der Waals surface area contributed by atoms with Crippen molar-refractivity contribution in [3.05, 3.63) is 66.2 Å². The molecule has 0 spiro atoms. The summed E-state index contributed by atoms with van der Waals surface area (Å²) in [7, 11) is 0. The third-order valence-electron chi connectivity index (χ3n) is 4.18. The van der Waals surface area contributed by atoms with Gasteiger partial charge in [0.2, 0.25) is 0 Å². The van der Waals surface area contributed by atoms with Crippen LogP contribution in [0.3, 0.4) is 0 Å². The van der Waals surface area contributed by atoms with Gasteiger partial charge < -0.3 is 9.64 Å². The van der Waals surface area contributed by atoms with Gasteiger partial charge in [0.25, 0.3) is 0 Å². The lowest BCUT2D eigenvalue weighted by Crippen LogP contribution is -2.36. The van der Waals surface area contributed by atoms with Crippen molar-refractivity contribution in [1.82, 2.24) is 0 Å². The zero-order chi connectivity index (χ0) is 15.4. The fourth-order valence-corrected chi connectivity index (χ4v) is 3.24. The van der Waals surface area contributed by atoms with Crippen LogP contribution in [0.4, 0.5) is 5.69 Å². The van der Waals surface area contributed by atoms with Gasteiger partial charge in [0, 0.05) is 25.2 Å². The maximum Gasteiger partial charge on any atom is 0.0642 e. The van der Waals surface area contributed by atoms with Gasteiger partial charge >= 0.3 is 0 Å². The van der Waals surface area contributed by atoms with Crippen LogP contribution in [0.5, 0.6) is 0 Å². The molecule has 1 aliphatic carbocycles. The number of ether oxygens (including phenoxy) is 1. The summed E-state index contributed by atoms with van der Waals surface area (Å²) in [6.07, 6.45) is 2.82. The summed E-state index contributed by atoms with van der Waals surface area (Å²) >= 11 is 0. The largest absolute Gasteiger partial charge is 0.378 e. The summed E-state index contributed by atoms with van der Waals surface area (Å²) in [6.45, 7) is 8.95. The molecule has 2 aliphatic rings. The van der Waals surface area contributed by atoms with E-state index in [1.54, 1.807) is 6.08 Å². The Bertz CT molecular complexity index is 657. The molecule has 1 fully saturated rings. The van der Waals surface area contributed by atoms with E-state index < -0.39 is 0 Å². The molecule has 4 rings (SSSR count). The van der Waals surface area contributed by atoms with Gasteiger partial charge in [-0.2, -0.15) is 0 Å². The monoisotopic (exact) mass is 293 g/mol. The molecule has 2 nitrogen and oxygen atoms in total. The minimum absolute atomic E-state index is 0.844. The first-order chi connectivity index (χ1) is 10.8. The highest BCUT2D eigenvalue weighted by molar-refractivity contribution is 5.82. The Kier molecular flexibility index (Phi) is 4.59. The second-order valence-electron chi connectivity index (χ2n) is 5.64. The number of benzene rings is 2. The summed E-state index contributed by atoms with van der Waals surface area (Å²) in [6, 6.07) is 15.5. The molecule has 0 amide bonds. The number of hydrogen-bond donors (Lipinski definition) is 0. The van der Waals surface area contributed by atoms with Crippen LogP contribution >= 0.6 is 0 Å². The van der Waals surface area contributed by atoms with Crippen molar-refractivity contribution < 1.29 is 4.74 Å². The van der Waals surface area contributed by atoms with Crippen LogP contribution in [0.25, 0.3) is 11.1 Å². The molecule has 1 heterocycles. The molecule has 2 heteroatoms. The van der Waals surface area contributed by atoms with Gasteiger partial charge in [-0.05, 0) is 35.2 Å². The summed E-state index contributed by atoms with van der Waals surface area (Å²) in [5.41, 5.74) is 7.17. The second-order valence-corrected chi connectivity index (χ2v) is 5.64. The average molecular weight is 293 g/mol. The van der Waals surface area contributed by atoms with Crippen LogP contribution < -0.4 is 4.90 Å². The van der Waals surface area contributed by atoms with Gasteiger partial charge in [-0.3, -0.25) is 0 Å². The number of morpholine rings is 1. The first-order valence-corrected chi connectivity index (χ1v) is 7.95. The summed E-state index contributed by atoms with van der Waals surface area (Å²) in [4.78, 5) is 2.47. The molecular formula is C20H23NO. The maximum atomic E-state index is 5.46. The number of anilines is 1. The van der Waals surface area contributed by atoms with Crippen molar-refractivity contribution >= 4 is 5.69 Å². The molecule has 0 atom stereocenters. The van der Waals surface area contributed by atoms with E-state index in [4.69, 9.17) is 4.74 Å². The maximum absolute atomic E-state index is 5.46. The molecule has 0 saturated carbocycles. The van der Waals surface area contributed by atoms with Crippen LogP contribution in [-0.2, 0) is 11.2 Å². The van der Waals surface area contributed by atoms with Crippen LogP contribution in [0.15, 0.2) is 55.1 Å². The third-order valence-corrected chi connectivity index (χ3v) is 4.18. The molecule has 0 N–H and O–H groups in total. The number of hydrogen-bond acceptors (Lipinski definition) is 2. The highest BCUT2D eigenvalue weighted by Crippen LogP contribution is 2.41. The lowest BCUT2D eigenvalue weighted by molar-refractivity contribution is 0.122. The minimum atomic E-state index is 0.844. The van der Waals surface area contributed by atoms with Crippen molar-refractivity contribution in [2.45, 2.75) is 13.3 Å². The van der Waals surface area contributed by atoms with Crippen molar-refractivity contribution in [2.75, 3.05) is 31.2 Å². The van der Waals surface area contributed by atoms with E-state index in [1.807, 2.05) is 6.92 Å². The first-order valence-electron chi connectivity index (χ1n) is 7.95. The zero-order valence-electron chi connectivity index (χ0n) is 13.2. The first kappa shape index (κ1) is 14.9. The number of rotatable bonds is 1. The fourth-order valence-electron chi connectivity index (χ4n) is 3.24. The Morgan fingerprint density at radius 2 is 1.68 bits per heavy atom. The van der Waals surface area contributed by atoms with E-state index in [-0.39, 0.29) is 0 Å². The summed E-state index contributed by atoms with van der Waals surface area (Å²) in [5, 5.41) is 0. The Balaban J connectivity index is 0.000000446. The van der Waals surface area contributed by atoms with Gasteiger partial charge in [0.15, 0.2) is 0 Å². The molecule has 22 heavy (non-hydrogen) atoms. The van der Waals surface area contributed by atoms with Crippen molar-refractivity contribution in [2.24, 2.45) is 0 Å². The quantitative estimate of drug-likeness (QED) is 0.621. The molecule has 0 bridgehead atoms. The van der Waals surface area contributed by atoms with Gasteiger partial charge in [0.1, 0.15) is 0 Å². The molecule has 0 unspecified atom stereocenters. The highest BCUT2D eigenvalue weighted by Gasteiger charge is 2.23. The molecule has 114 valence electrons. The topological polar surface area (TPSA) is 12.5 Å². The normalized spacial score (nSPS) is 15.4. The van der Waals surface area contributed by atoms with E-state index in [0.717, 1.165) is 32.7 Å². The van der Waals surface area contributed by atoms with Crippen LogP contribution in [0.1, 0.15) is 18.1 Å². The highest BCUT2D eigenvalue weighted by atomic mass is 16.5. The smallest absolute Gasteiger partial charge is 0.0642 e.